The van der Waals surface area contributed by atoms with Crippen molar-refractivity contribution in [2.24, 2.45) is 5.41 Å². The maximum absolute atomic E-state index is 3.27. The summed E-state index contributed by atoms with van der Waals surface area (Å²) in [4.78, 5) is 2.57. The SMILES string of the molecule is CNCc1ccccc1N1CCCC(C)(C)CC1. The summed E-state index contributed by atoms with van der Waals surface area (Å²) in [7, 11) is 2.02. The van der Waals surface area contributed by atoms with Crippen molar-refractivity contribution in [2.75, 3.05) is 25.0 Å². The molecule has 0 aromatic heterocycles. The van der Waals surface area contributed by atoms with E-state index in [1.54, 1.807) is 0 Å². The van der Waals surface area contributed by atoms with Crippen molar-refractivity contribution in [1.29, 1.82) is 0 Å². The van der Waals surface area contributed by atoms with Crippen LogP contribution in [0, 0.1) is 5.41 Å². The van der Waals surface area contributed by atoms with Crippen LogP contribution in [-0.4, -0.2) is 20.1 Å². The molecule has 0 radical (unpaired) electrons. The number of benzene rings is 1. The quantitative estimate of drug-likeness (QED) is 0.879. The maximum Gasteiger partial charge on any atom is 0.0411 e. The minimum Gasteiger partial charge on any atom is -0.371 e. The summed E-state index contributed by atoms with van der Waals surface area (Å²) in [6, 6.07) is 8.80. The highest BCUT2D eigenvalue weighted by Gasteiger charge is 2.23. The topological polar surface area (TPSA) is 15.3 Å². The van der Waals surface area contributed by atoms with Gasteiger partial charge >= 0.3 is 0 Å². The molecule has 2 nitrogen and oxygen atoms in total. The van der Waals surface area contributed by atoms with Crippen molar-refractivity contribution >= 4 is 5.69 Å². The molecule has 0 aliphatic carbocycles. The van der Waals surface area contributed by atoms with E-state index < -0.39 is 0 Å². The molecule has 18 heavy (non-hydrogen) atoms. The van der Waals surface area contributed by atoms with E-state index in [0.29, 0.717) is 5.41 Å². The Morgan fingerprint density at radius 2 is 1.94 bits per heavy atom. The summed E-state index contributed by atoms with van der Waals surface area (Å²) >= 11 is 0. The Bertz CT molecular complexity index is 384. The Kier molecular flexibility index (Phi) is 4.28. The van der Waals surface area contributed by atoms with Crippen LogP contribution in [0.1, 0.15) is 38.7 Å². The molecule has 0 unspecified atom stereocenters. The lowest BCUT2D eigenvalue weighted by molar-refractivity contribution is 0.325. The summed E-state index contributed by atoms with van der Waals surface area (Å²) in [5.41, 5.74) is 3.34. The Morgan fingerprint density at radius 3 is 2.72 bits per heavy atom. The zero-order valence-corrected chi connectivity index (χ0v) is 12.0. The van der Waals surface area contributed by atoms with E-state index in [9.17, 15) is 0 Å². The number of nitrogens with zero attached hydrogens (tertiary/aromatic N) is 1. The molecule has 1 aromatic rings. The van der Waals surface area contributed by atoms with Crippen molar-refractivity contribution in [3.05, 3.63) is 29.8 Å². The second kappa shape index (κ2) is 5.75. The average Bonchev–Trinajstić information content (AvgIpc) is 2.52. The lowest BCUT2D eigenvalue weighted by atomic mass is 9.85. The van der Waals surface area contributed by atoms with Gasteiger partial charge in [0.2, 0.25) is 0 Å². The molecule has 1 aromatic carbocycles. The van der Waals surface area contributed by atoms with Gasteiger partial charge in [0.1, 0.15) is 0 Å². The van der Waals surface area contributed by atoms with E-state index in [2.05, 4.69) is 48.3 Å². The van der Waals surface area contributed by atoms with Gasteiger partial charge in [0.05, 0.1) is 0 Å². The third-order valence-corrected chi connectivity index (χ3v) is 4.04. The molecule has 0 saturated carbocycles. The first kappa shape index (κ1) is 13.4. The highest BCUT2D eigenvalue weighted by atomic mass is 15.1. The summed E-state index contributed by atoms with van der Waals surface area (Å²) in [5, 5.41) is 3.27. The largest absolute Gasteiger partial charge is 0.371 e. The van der Waals surface area contributed by atoms with Crippen LogP contribution in [0.15, 0.2) is 24.3 Å². The Morgan fingerprint density at radius 1 is 1.17 bits per heavy atom. The highest BCUT2D eigenvalue weighted by Crippen LogP contribution is 2.32. The smallest absolute Gasteiger partial charge is 0.0411 e. The fourth-order valence-corrected chi connectivity index (χ4v) is 2.82. The molecule has 1 aliphatic heterocycles. The van der Waals surface area contributed by atoms with Crippen LogP contribution in [0.4, 0.5) is 5.69 Å². The van der Waals surface area contributed by atoms with Crippen LogP contribution in [0.3, 0.4) is 0 Å². The molecule has 0 bridgehead atoms. The van der Waals surface area contributed by atoms with Crippen LogP contribution in [0.2, 0.25) is 0 Å². The van der Waals surface area contributed by atoms with E-state index in [4.69, 9.17) is 0 Å². The number of hydrogen-bond donors (Lipinski definition) is 1. The number of nitrogens with one attached hydrogen (secondary N) is 1. The number of para-hydroxylation sites is 1. The van der Waals surface area contributed by atoms with Crippen molar-refractivity contribution < 1.29 is 0 Å². The van der Waals surface area contributed by atoms with Gasteiger partial charge in [-0.25, -0.2) is 0 Å². The average molecular weight is 246 g/mol. The van der Waals surface area contributed by atoms with Gasteiger partial charge in [0.25, 0.3) is 0 Å². The third kappa shape index (κ3) is 3.26. The van der Waals surface area contributed by atoms with Crippen molar-refractivity contribution in [3.8, 4) is 0 Å². The van der Waals surface area contributed by atoms with Crippen LogP contribution in [0.5, 0.6) is 0 Å². The van der Waals surface area contributed by atoms with E-state index in [0.717, 1.165) is 6.54 Å². The molecule has 1 fully saturated rings. The van der Waals surface area contributed by atoms with Crippen molar-refractivity contribution in [1.82, 2.24) is 5.32 Å². The number of rotatable bonds is 3. The van der Waals surface area contributed by atoms with E-state index in [1.165, 1.54) is 43.6 Å². The van der Waals surface area contributed by atoms with Gasteiger partial charge in [0.15, 0.2) is 0 Å². The Balaban J connectivity index is 2.15. The molecule has 0 atom stereocenters. The van der Waals surface area contributed by atoms with Crippen LogP contribution in [-0.2, 0) is 6.54 Å². The zero-order chi connectivity index (χ0) is 13.0. The lowest BCUT2D eigenvalue weighted by Gasteiger charge is -2.27. The van der Waals surface area contributed by atoms with Gasteiger partial charge in [-0.2, -0.15) is 0 Å². The first-order valence-corrected chi connectivity index (χ1v) is 7.10. The molecule has 2 rings (SSSR count). The second-order valence-electron chi connectivity index (χ2n) is 6.16. The summed E-state index contributed by atoms with van der Waals surface area (Å²) in [6.45, 7) is 8.14. The minimum absolute atomic E-state index is 0.507. The third-order valence-electron chi connectivity index (χ3n) is 4.04. The zero-order valence-electron chi connectivity index (χ0n) is 12.0. The molecular weight excluding hydrogens is 220 g/mol. The Labute approximate surface area is 111 Å². The van der Waals surface area contributed by atoms with Crippen molar-refractivity contribution in [3.63, 3.8) is 0 Å². The number of anilines is 1. The second-order valence-corrected chi connectivity index (χ2v) is 6.16. The monoisotopic (exact) mass is 246 g/mol. The summed E-state index contributed by atoms with van der Waals surface area (Å²) in [5.74, 6) is 0. The van der Waals surface area contributed by atoms with Crippen LogP contribution >= 0.6 is 0 Å². The molecule has 1 N–H and O–H groups in total. The first-order chi connectivity index (χ1) is 8.62. The standard InChI is InChI=1S/C16H26N2/c1-16(2)9-6-11-18(12-10-16)15-8-5-4-7-14(15)13-17-3/h4-5,7-8,17H,6,9-13H2,1-3H3. The molecular formula is C16H26N2. The van der Waals surface area contributed by atoms with Gasteiger partial charge < -0.3 is 10.2 Å². The minimum atomic E-state index is 0.507. The van der Waals surface area contributed by atoms with E-state index >= 15 is 0 Å². The predicted molar refractivity (Wildman–Crippen MR) is 79.1 cm³/mol. The van der Waals surface area contributed by atoms with Gasteiger partial charge in [-0.1, -0.05) is 32.0 Å². The first-order valence-electron chi connectivity index (χ1n) is 7.10. The maximum atomic E-state index is 3.27. The number of hydrogen-bond acceptors (Lipinski definition) is 2. The fraction of sp³-hybridized carbons (Fsp3) is 0.625. The predicted octanol–water partition coefficient (Wildman–Crippen LogP) is 3.42. The highest BCUT2D eigenvalue weighted by molar-refractivity contribution is 5.53. The molecule has 1 saturated heterocycles. The lowest BCUT2D eigenvalue weighted by Crippen LogP contribution is -2.26. The molecule has 100 valence electrons. The summed E-state index contributed by atoms with van der Waals surface area (Å²) in [6.07, 6.45) is 3.94. The van der Waals surface area contributed by atoms with Gasteiger partial charge in [-0.15, -0.1) is 0 Å². The van der Waals surface area contributed by atoms with Gasteiger partial charge in [0, 0.05) is 25.3 Å². The van der Waals surface area contributed by atoms with Crippen LogP contribution in [0.25, 0.3) is 0 Å². The Hall–Kier alpha value is -1.02. The molecule has 0 amide bonds. The van der Waals surface area contributed by atoms with Crippen molar-refractivity contribution in [2.45, 2.75) is 39.7 Å². The molecule has 0 spiro atoms. The van der Waals surface area contributed by atoms with E-state index in [1.807, 2.05) is 7.05 Å². The molecule has 1 heterocycles. The summed E-state index contributed by atoms with van der Waals surface area (Å²) < 4.78 is 0. The molecule has 1 aliphatic rings. The van der Waals surface area contributed by atoms with Crippen LogP contribution < -0.4 is 10.2 Å². The van der Waals surface area contributed by atoms with Gasteiger partial charge in [-0.05, 0) is 43.4 Å². The van der Waals surface area contributed by atoms with Gasteiger partial charge in [-0.3, -0.25) is 0 Å². The van der Waals surface area contributed by atoms with E-state index in [-0.39, 0.29) is 0 Å². The molecule has 2 heteroatoms. The normalized spacial score (nSPS) is 19.6. The fourth-order valence-electron chi connectivity index (χ4n) is 2.82.